The van der Waals surface area contributed by atoms with Gasteiger partial charge in [0.15, 0.2) is 0 Å². The number of aliphatic carboxylic acids is 3. The van der Waals surface area contributed by atoms with Crippen molar-refractivity contribution in [2.24, 2.45) is 0 Å². The number of halogens is 1. The number of carboxylic acid groups (broad SMARTS) is 3. The zero-order chi connectivity index (χ0) is 14.3. The van der Waals surface area contributed by atoms with Crippen LogP contribution < -0.4 is 0 Å². The number of carboxylic acids is 3. The van der Waals surface area contributed by atoms with E-state index >= 15 is 0 Å². The maximum atomic E-state index is 9.55. The lowest BCUT2D eigenvalue weighted by Gasteiger charge is -1.75. The molecule has 0 aliphatic rings. The Morgan fingerprint density at radius 3 is 1.35 bits per heavy atom. The van der Waals surface area contributed by atoms with Crippen molar-refractivity contribution in [1.82, 2.24) is 0 Å². The maximum Gasteiger partial charge on any atom is 0.328 e. The van der Waals surface area contributed by atoms with E-state index < -0.39 is 17.9 Å². The second kappa shape index (κ2) is 16.4. The average molecular weight is 265 g/mol. The Kier molecular flexibility index (Phi) is 19.6. The summed E-state index contributed by atoms with van der Waals surface area (Å²) >= 11 is 4.76. The molecule has 17 heavy (non-hydrogen) atoms. The van der Waals surface area contributed by atoms with E-state index in [1.54, 1.807) is 0 Å². The highest BCUT2D eigenvalue weighted by Crippen LogP contribution is 1.74. The van der Waals surface area contributed by atoms with Gasteiger partial charge in [0, 0.05) is 12.2 Å². The van der Waals surface area contributed by atoms with Crippen LogP contribution in [-0.4, -0.2) is 33.2 Å². The van der Waals surface area contributed by atoms with Crippen molar-refractivity contribution in [3.05, 3.63) is 36.9 Å². The predicted octanol–water partition coefficient (Wildman–Crippen LogP) is 1.73. The third-order valence-electron chi connectivity index (χ3n) is 0.687. The van der Waals surface area contributed by atoms with Gasteiger partial charge in [-0.15, -0.1) is 6.58 Å². The van der Waals surface area contributed by atoms with Crippen molar-refractivity contribution in [3.8, 4) is 0 Å². The quantitative estimate of drug-likeness (QED) is 0.526. The molecule has 0 spiro atoms. The van der Waals surface area contributed by atoms with Crippen molar-refractivity contribution >= 4 is 29.5 Å². The number of carbonyl (C=O) groups is 3. The van der Waals surface area contributed by atoms with Crippen LogP contribution >= 0.6 is 11.6 Å². The van der Waals surface area contributed by atoms with Crippen LogP contribution in [0, 0.1) is 0 Å². The summed E-state index contributed by atoms with van der Waals surface area (Å²) < 4.78 is 0. The third kappa shape index (κ3) is 56.4. The summed E-state index contributed by atoms with van der Waals surface area (Å²) in [4.78, 5) is 28.6. The van der Waals surface area contributed by atoms with Gasteiger partial charge in [-0.2, -0.15) is 0 Å². The molecule has 0 aliphatic heterocycles. The molecule has 0 unspecified atom stereocenters. The zero-order valence-electron chi connectivity index (χ0n) is 8.88. The summed E-state index contributed by atoms with van der Waals surface area (Å²) in [6, 6.07) is 0. The standard InChI is InChI=1S/C4H4O4.C4H6O2.C2H3Cl/c5-3(6)1-2-4(7)8;1-2-3-4(5)6;1-2-3/h1-2H,(H,5,6)(H,7,8);2H,1,3H2,(H,5,6);2H,1H2. The Morgan fingerprint density at radius 2 is 1.29 bits per heavy atom. The van der Waals surface area contributed by atoms with E-state index in [1.165, 1.54) is 11.6 Å². The van der Waals surface area contributed by atoms with Gasteiger partial charge in [-0.25, -0.2) is 9.59 Å². The highest BCUT2D eigenvalue weighted by Gasteiger charge is 1.88. The van der Waals surface area contributed by atoms with E-state index in [-0.39, 0.29) is 6.42 Å². The molecule has 0 heterocycles. The summed E-state index contributed by atoms with van der Waals surface area (Å²) in [5.74, 6) is -3.34. The van der Waals surface area contributed by atoms with Gasteiger partial charge >= 0.3 is 17.9 Å². The highest BCUT2D eigenvalue weighted by atomic mass is 35.5. The minimum Gasteiger partial charge on any atom is -0.481 e. The Morgan fingerprint density at radius 1 is 1.00 bits per heavy atom. The van der Waals surface area contributed by atoms with Crippen molar-refractivity contribution in [1.29, 1.82) is 0 Å². The second-order valence-electron chi connectivity index (χ2n) is 2.05. The molecular formula is C10H13ClO6. The van der Waals surface area contributed by atoms with Crippen molar-refractivity contribution < 1.29 is 29.7 Å². The Hall–Kier alpha value is -2.08. The van der Waals surface area contributed by atoms with Gasteiger partial charge < -0.3 is 15.3 Å². The molecule has 0 bridgehead atoms. The normalized spacial score (nSPS) is 7.82. The first kappa shape index (κ1) is 20.3. The van der Waals surface area contributed by atoms with E-state index in [0.29, 0.717) is 12.2 Å². The smallest absolute Gasteiger partial charge is 0.328 e. The zero-order valence-corrected chi connectivity index (χ0v) is 9.63. The van der Waals surface area contributed by atoms with Gasteiger partial charge in [-0.05, 0) is 5.54 Å². The van der Waals surface area contributed by atoms with Gasteiger partial charge in [0.25, 0.3) is 0 Å². The van der Waals surface area contributed by atoms with Gasteiger partial charge in [0.1, 0.15) is 0 Å². The molecule has 0 aromatic carbocycles. The molecule has 0 radical (unpaired) electrons. The lowest BCUT2D eigenvalue weighted by atomic mass is 10.4. The predicted molar refractivity (Wildman–Crippen MR) is 62.9 cm³/mol. The molecule has 96 valence electrons. The summed E-state index contributed by atoms with van der Waals surface area (Å²) in [6.07, 6.45) is 2.52. The van der Waals surface area contributed by atoms with Crippen LogP contribution in [-0.2, 0) is 14.4 Å². The molecule has 0 rings (SSSR count). The second-order valence-corrected chi connectivity index (χ2v) is 2.36. The fraction of sp³-hybridized carbons (Fsp3) is 0.100. The molecule has 6 nitrogen and oxygen atoms in total. The average Bonchev–Trinajstić information content (AvgIpc) is 2.16. The van der Waals surface area contributed by atoms with Crippen LogP contribution in [0.1, 0.15) is 6.42 Å². The Balaban J connectivity index is -0.000000193. The van der Waals surface area contributed by atoms with Crippen LogP contribution in [0.2, 0.25) is 0 Å². The summed E-state index contributed by atoms with van der Waals surface area (Å²) in [7, 11) is 0. The molecule has 7 heteroatoms. The fourth-order valence-electron chi connectivity index (χ4n) is 0.266. The minimum atomic E-state index is -1.26. The van der Waals surface area contributed by atoms with Gasteiger partial charge in [0.05, 0.1) is 6.42 Å². The summed E-state index contributed by atoms with van der Waals surface area (Å²) in [6.45, 7) is 6.35. The van der Waals surface area contributed by atoms with E-state index in [4.69, 9.17) is 26.9 Å². The molecule has 0 saturated carbocycles. The molecule has 0 atom stereocenters. The van der Waals surface area contributed by atoms with Gasteiger partial charge in [-0.3, -0.25) is 4.79 Å². The van der Waals surface area contributed by atoms with Crippen LogP contribution in [0.5, 0.6) is 0 Å². The van der Waals surface area contributed by atoms with Crippen molar-refractivity contribution in [2.45, 2.75) is 6.42 Å². The maximum absolute atomic E-state index is 9.55. The third-order valence-corrected chi connectivity index (χ3v) is 0.687. The number of hydrogen-bond acceptors (Lipinski definition) is 3. The highest BCUT2D eigenvalue weighted by molar-refractivity contribution is 6.25. The fourth-order valence-corrected chi connectivity index (χ4v) is 0.266. The van der Waals surface area contributed by atoms with Crippen LogP contribution in [0.3, 0.4) is 0 Å². The number of rotatable bonds is 4. The molecule has 0 fully saturated rings. The SMILES string of the molecule is C=CCC(=O)O.C=CCl.O=C(O)C=CC(=O)O. The first-order valence-electron chi connectivity index (χ1n) is 3.99. The Bertz CT molecular complexity index is 279. The van der Waals surface area contributed by atoms with Crippen molar-refractivity contribution in [3.63, 3.8) is 0 Å². The number of hydrogen-bond donors (Lipinski definition) is 3. The van der Waals surface area contributed by atoms with Crippen LogP contribution in [0.15, 0.2) is 36.9 Å². The van der Waals surface area contributed by atoms with E-state index in [2.05, 4.69) is 13.2 Å². The molecule has 0 aliphatic carbocycles. The topological polar surface area (TPSA) is 112 Å². The van der Waals surface area contributed by atoms with Crippen LogP contribution in [0.25, 0.3) is 0 Å². The monoisotopic (exact) mass is 264 g/mol. The van der Waals surface area contributed by atoms with Gasteiger partial charge in [-0.1, -0.05) is 24.3 Å². The first-order chi connectivity index (χ1) is 7.81. The summed E-state index contributed by atoms with van der Waals surface area (Å²) in [5.41, 5.74) is 1.22. The molecule has 0 amide bonds. The largest absolute Gasteiger partial charge is 0.481 e. The van der Waals surface area contributed by atoms with Gasteiger partial charge in [0.2, 0.25) is 0 Å². The molecule has 3 N–H and O–H groups in total. The van der Waals surface area contributed by atoms with E-state index in [9.17, 15) is 14.4 Å². The Labute approximate surface area is 103 Å². The minimum absolute atomic E-state index is 0.0556. The lowest BCUT2D eigenvalue weighted by molar-refractivity contribution is -0.136. The lowest BCUT2D eigenvalue weighted by Crippen LogP contribution is -1.91. The van der Waals surface area contributed by atoms with E-state index in [0.717, 1.165) is 0 Å². The molecule has 0 aromatic heterocycles. The van der Waals surface area contributed by atoms with E-state index in [1.807, 2.05) is 0 Å². The molecular weight excluding hydrogens is 252 g/mol. The van der Waals surface area contributed by atoms with Crippen molar-refractivity contribution in [2.75, 3.05) is 0 Å². The molecule has 0 aromatic rings. The molecule has 0 saturated heterocycles. The summed E-state index contributed by atoms with van der Waals surface area (Å²) in [5, 5.41) is 23.5. The van der Waals surface area contributed by atoms with Crippen LogP contribution in [0.4, 0.5) is 0 Å². The first-order valence-corrected chi connectivity index (χ1v) is 4.43.